The highest BCUT2D eigenvalue weighted by atomic mass is 15.1. The molecule has 0 bridgehead atoms. The smallest absolute Gasteiger partial charge is 0.165 e. The predicted octanol–water partition coefficient (Wildman–Crippen LogP) is 23.5. The molecule has 6 nitrogen and oxygen atoms in total. The largest absolute Gasteiger partial charge is 0.292 e. The van der Waals surface area contributed by atoms with Crippen LogP contribution in [0.3, 0.4) is 0 Å². The van der Waals surface area contributed by atoms with Gasteiger partial charge in [-0.2, -0.15) is 0 Å². The zero-order chi connectivity index (χ0) is 62.7. The molecule has 442 valence electrons. The minimum absolute atomic E-state index is 0.830. The van der Waals surface area contributed by atoms with Crippen LogP contribution in [-0.4, -0.2) is 29.1 Å². The maximum absolute atomic E-state index is 5.62. The van der Waals surface area contributed by atoms with Crippen molar-refractivity contribution in [3.63, 3.8) is 0 Å². The molecule has 96 heavy (non-hydrogen) atoms. The Labute approximate surface area is 550 Å². The molecule has 0 aliphatic heterocycles. The van der Waals surface area contributed by atoms with Gasteiger partial charge in [-0.3, -0.25) is 9.13 Å². The summed E-state index contributed by atoms with van der Waals surface area (Å²) in [6.07, 6.45) is 0. The van der Waals surface area contributed by atoms with Crippen LogP contribution in [0.4, 0.5) is 0 Å². The van der Waals surface area contributed by atoms with E-state index in [1.165, 1.54) is 104 Å². The van der Waals surface area contributed by atoms with E-state index in [4.69, 9.17) is 19.9 Å². The average molecular weight is 1220 g/mol. The van der Waals surface area contributed by atoms with Crippen molar-refractivity contribution in [2.45, 2.75) is 0 Å². The van der Waals surface area contributed by atoms with Gasteiger partial charge in [0.15, 0.2) is 11.6 Å². The molecule has 16 aromatic carbocycles. The quantitative estimate of drug-likeness (QED) is 0.161. The number of fused-ring (bicyclic) bond motifs is 13. The van der Waals surface area contributed by atoms with E-state index in [2.05, 4.69) is 325 Å². The molecule has 20 aromatic rings. The van der Waals surface area contributed by atoms with E-state index in [0.29, 0.717) is 0 Å². The van der Waals surface area contributed by atoms with Crippen LogP contribution in [0.25, 0.3) is 209 Å². The Morgan fingerprint density at radius 3 is 1.18 bits per heavy atom. The Kier molecular flexibility index (Phi) is 11.1. The Hall–Kier alpha value is -12.9. The number of aromatic nitrogens is 6. The van der Waals surface area contributed by atoms with Gasteiger partial charge < -0.3 is 0 Å². The van der Waals surface area contributed by atoms with Gasteiger partial charge in [0.2, 0.25) is 0 Å². The van der Waals surface area contributed by atoms with Crippen molar-refractivity contribution in [3.05, 3.63) is 315 Å². The molecule has 6 heteroatoms. The third-order valence-corrected chi connectivity index (χ3v) is 20.4. The number of nitrogens with zero attached hydrogens (tertiary/aromatic N) is 6. The summed E-state index contributed by atoms with van der Waals surface area (Å²) in [6.45, 7) is 0. The third kappa shape index (κ3) is 7.63. The zero-order valence-corrected chi connectivity index (χ0v) is 51.7. The lowest BCUT2D eigenvalue weighted by Gasteiger charge is -2.16. The number of hydrogen-bond donors (Lipinski definition) is 0. The van der Waals surface area contributed by atoms with Gasteiger partial charge in [0.1, 0.15) is 11.4 Å². The van der Waals surface area contributed by atoms with Gasteiger partial charge >= 0.3 is 0 Å². The predicted molar refractivity (Wildman–Crippen MR) is 400 cm³/mol. The fourth-order valence-electron chi connectivity index (χ4n) is 16.2. The molecule has 0 unspecified atom stereocenters. The number of rotatable bonds is 5. The molecule has 0 N–H and O–H groups in total. The first-order valence-corrected chi connectivity index (χ1v) is 32.9. The molecule has 4 aromatic heterocycles. The van der Waals surface area contributed by atoms with Crippen LogP contribution in [0, 0.1) is 0 Å². The molecule has 0 fully saturated rings. The van der Waals surface area contributed by atoms with Crippen molar-refractivity contribution in [1.82, 2.24) is 29.1 Å². The summed E-state index contributed by atoms with van der Waals surface area (Å²) in [5.41, 5.74) is 24.3. The van der Waals surface area contributed by atoms with E-state index >= 15 is 0 Å². The van der Waals surface area contributed by atoms with Crippen LogP contribution in [0.5, 0.6) is 0 Å². The second kappa shape index (κ2) is 20.3. The molecule has 2 aliphatic rings. The lowest BCUT2D eigenvalue weighted by Crippen LogP contribution is -2.04. The third-order valence-electron chi connectivity index (χ3n) is 20.4. The Morgan fingerprint density at radius 1 is 0.198 bits per heavy atom. The van der Waals surface area contributed by atoms with Crippen molar-refractivity contribution >= 4 is 120 Å². The summed E-state index contributed by atoms with van der Waals surface area (Å²) >= 11 is 0. The topological polar surface area (TPSA) is 61.4 Å². The molecule has 4 heterocycles. The highest BCUT2D eigenvalue weighted by Gasteiger charge is 2.30. The van der Waals surface area contributed by atoms with E-state index in [0.717, 1.165) is 105 Å². The molecule has 22 rings (SSSR count). The fourth-order valence-corrected chi connectivity index (χ4v) is 16.2. The molecular formula is C90H52N6. The molecule has 0 saturated heterocycles. The van der Waals surface area contributed by atoms with Gasteiger partial charge in [0.25, 0.3) is 0 Å². The molecule has 0 atom stereocenters. The van der Waals surface area contributed by atoms with E-state index in [1.54, 1.807) is 0 Å². The standard InChI is InChI=1S/C46H27N3.C44H25N3/c1-2-11-28(12-3-1)31-15-8-16-32(27-31)44-46(48-45-33-17-5-4-13-29(33)23-25-38(45)47-44)49-39-22-10-21-37-35-19-7-6-18-34(35)36-20-9-14-30-24-26-40(49)43(41(30)36)42(37)39;1-2-11-29-25-30(20-19-26(29)9-1)42-44(45-36-23-21-27-10-3-4-13-31(27)43(36)46-42)47-37-18-8-17-35-33-15-6-5-14-32(33)34-16-7-12-28-22-24-38(47)41(39(28)34)40(35)37/h1-27H;1-25H. The summed E-state index contributed by atoms with van der Waals surface area (Å²) in [6, 6.07) is 113. The summed E-state index contributed by atoms with van der Waals surface area (Å²) in [5, 5.41) is 17.0. The molecule has 0 saturated carbocycles. The van der Waals surface area contributed by atoms with Gasteiger partial charge in [-0.1, -0.05) is 267 Å². The lowest BCUT2D eigenvalue weighted by molar-refractivity contribution is 1.08. The van der Waals surface area contributed by atoms with Crippen LogP contribution in [0.1, 0.15) is 0 Å². The summed E-state index contributed by atoms with van der Waals surface area (Å²) in [4.78, 5) is 22.1. The Bertz CT molecular complexity index is 6770. The van der Waals surface area contributed by atoms with E-state index in [9.17, 15) is 0 Å². The minimum Gasteiger partial charge on any atom is -0.292 e. The summed E-state index contributed by atoms with van der Waals surface area (Å²) < 4.78 is 4.74. The summed E-state index contributed by atoms with van der Waals surface area (Å²) in [5.74, 6) is 1.67. The number of hydrogen-bond acceptors (Lipinski definition) is 4. The second-order valence-corrected chi connectivity index (χ2v) is 25.5. The number of benzene rings is 16. The first kappa shape index (κ1) is 52.7. The highest BCUT2D eigenvalue weighted by molar-refractivity contribution is 6.32. The molecule has 0 spiro atoms. The minimum atomic E-state index is 0.830. The van der Waals surface area contributed by atoms with E-state index in [1.807, 2.05) is 0 Å². The van der Waals surface area contributed by atoms with Gasteiger partial charge in [-0.15, -0.1) is 0 Å². The van der Waals surface area contributed by atoms with Crippen LogP contribution < -0.4 is 0 Å². The monoisotopic (exact) mass is 1220 g/mol. The Balaban J connectivity index is 0.000000128. The first-order valence-electron chi connectivity index (χ1n) is 32.9. The van der Waals surface area contributed by atoms with Gasteiger partial charge in [-0.25, -0.2) is 19.9 Å². The maximum Gasteiger partial charge on any atom is 0.165 e. The van der Waals surface area contributed by atoms with Crippen LogP contribution in [0.15, 0.2) is 315 Å². The van der Waals surface area contributed by atoms with Crippen LogP contribution in [-0.2, 0) is 0 Å². The van der Waals surface area contributed by atoms with Crippen molar-refractivity contribution in [2.75, 3.05) is 0 Å². The first-order chi connectivity index (χ1) is 47.6. The normalized spacial score (nSPS) is 12.2. The highest BCUT2D eigenvalue weighted by Crippen LogP contribution is 2.53. The fraction of sp³-hybridized carbons (Fsp3) is 0. The maximum atomic E-state index is 5.62. The molecular weight excluding hydrogens is 1170 g/mol. The van der Waals surface area contributed by atoms with Crippen molar-refractivity contribution < 1.29 is 0 Å². The molecule has 2 aliphatic carbocycles. The van der Waals surface area contributed by atoms with E-state index in [-0.39, 0.29) is 0 Å². The second-order valence-electron chi connectivity index (χ2n) is 25.5. The molecule has 0 amide bonds. The van der Waals surface area contributed by atoms with Gasteiger partial charge in [0.05, 0.1) is 44.1 Å². The van der Waals surface area contributed by atoms with Crippen molar-refractivity contribution in [2.24, 2.45) is 0 Å². The zero-order valence-electron chi connectivity index (χ0n) is 51.7. The Morgan fingerprint density at radius 2 is 0.583 bits per heavy atom. The van der Waals surface area contributed by atoms with Gasteiger partial charge in [-0.05, 0) is 147 Å². The summed E-state index contributed by atoms with van der Waals surface area (Å²) in [7, 11) is 0. The van der Waals surface area contributed by atoms with E-state index < -0.39 is 0 Å². The van der Waals surface area contributed by atoms with Gasteiger partial charge in [0, 0.05) is 43.4 Å². The average Bonchev–Trinajstić information content (AvgIpc) is 1.54. The molecule has 0 radical (unpaired) electrons. The van der Waals surface area contributed by atoms with Crippen molar-refractivity contribution in [1.29, 1.82) is 0 Å². The van der Waals surface area contributed by atoms with Crippen LogP contribution >= 0.6 is 0 Å². The lowest BCUT2D eigenvalue weighted by atomic mass is 9.93. The van der Waals surface area contributed by atoms with Crippen LogP contribution in [0.2, 0.25) is 0 Å². The van der Waals surface area contributed by atoms with Crippen molar-refractivity contribution in [3.8, 4) is 89.8 Å². The SMILES string of the molecule is c1ccc(-c2cccc(-c3nc4ccc5ccccc5c4nc3-n3c4cccc5c4c4c6c(cccc6ccc43)-c3ccccc3-5)c2)cc1.c1ccc2c(c1)-c1cccc3ccc4c(c13)c1c-2cccc1n4-c1nc2ccc3ccccc3c2nc1-c1ccc2ccccc2c1.